The molecule has 3 rings (SSSR count). The first-order chi connectivity index (χ1) is 12.6. The maximum Gasteiger partial charge on any atom is 0.262 e. The molecule has 0 saturated heterocycles. The molecule has 0 spiro atoms. The molecule has 0 unspecified atom stereocenters. The molecule has 0 aliphatic heterocycles. The highest BCUT2D eigenvalue weighted by Crippen LogP contribution is 2.17. The van der Waals surface area contributed by atoms with Crippen molar-refractivity contribution in [2.75, 3.05) is 5.75 Å². The van der Waals surface area contributed by atoms with Crippen LogP contribution in [0, 0.1) is 6.92 Å². The molecule has 0 atom stereocenters. The Morgan fingerprint density at radius 1 is 1.15 bits per heavy atom. The maximum atomic E-state index is 12.6. The average Bonchev–Trinajstić information content (AvgIpc) is 2.66. The van der Waals surface area contributed by atoms with Crippen molar-refractivity contribution >= 4 is 28.6 Å². The first kappa shape index (κ1) is 18.2. The standard InChI is InChI=1S/C20H21N3O2S/c1-3-23-19(25)16-6-4-5-7-17(16)22-20(23)26-13-18(24)21-12-15-10-8-14(2)9-11-15/h4-11H,3,12-13H2,1-2H3,(H,21,24). The first-order valence-electron chi connectivity index (χ1n) is 8.53. The van der Waals surface area contributed by atoms with Gasteiger partial charge in [0.25, 0.3) is 5.56 Å². The number of aryl methyl sites for hydroxylation is 1. The number of fused-ring (bicyclic) bond motifs is 1. The maximum absolute atomic E-state index is 12.6. The van der Waals surface area contributed by atoms with Crippen LogP contribution in [0.4, 0.5) is 0 Å². The number of thioether (sulfide) groups is 1. The van der Waals surface area contributed by atoms with Crippen molar-refractivity contribution in [3.05, 3.63) is 70.0 Å². The van der Waals surface area contributed by atoms with Gasteiger partial charge in [-0.1, -0.05) is 53.7 Å². The van der Waals surface area contributed by atoms with E-state index in [0.29, 0.717) is 29.1 Å². The van der Waals surface area contributed by atoms with E-state index in [0.717, 1.165) is 5.56 Å². The van der Waals surface area contributed by atoms with E-state index >= 15 is 0 Å². The van der Waals surface area contributed by atoms with Gasteiger partial charge in [0, 0.05) is 13.1 Å². The lowest BCUT2D eigenvalue weighted by Crippen LogP contribution is -2.26. The number of benzene rings is 2. The summed E-state index contributed by atoms with van der Waals surface area (Å²) in [6.07, 6.45) is 0. The van der Waals surface area contributed by atoms with Gasteiger partial charge < -0.3 is 5.32 Å². The summed E-state index contributed by atoms with van der Waals surface area (Å²) in [5, 5.41) is 4.07. The van der Waals surface area contributed by atoms with Gasteiger partial charge in [-0.15, -0.1) is 0 Å². The zero-order valence-electron chi connectivity index (χ0n) is 14.9. The Hall–Kier alpha value is -2.60. The Morgan fingerprint density at radius 3 is 2.62 bits per heavy atom. The first-order valence-corrected chi connectivity index (χ1v) is 9.51. The molecule has 1 heterocycles. The Morgan fingerprint density at radius 2 is 1.88 bits per heavy atom. The third-order valence-corrected chi connectivity index (χ3v) is 5.06. The number of carbonyl (C=O) groups excluding carboxylic acids is 1. The topological polar surface area (TPSA) is 64.0 Å². The number of carbonyl (C=O) groups is 1. The van der Waals surface area contributed by atoms with Gasteiger partial charge >= 0.3 is 0 Å². The zero-order valence-corrected chi connectivity index (χ0v) is 15.7. The molecule has 6 heteroatoms. The van der Waals surface area contributed by atoms with Crippen molar-refractivity contribution < 1.29 is 4.79 Å². The SMILES string of the molecule is CCn1c(SCC(=O)NCc2ccc(C)cc2)nc2ccccc2c1=O. The number of nitrogens with zero attached hydrogens (tertiary/aromatic N) is 2. The summed E-state index contributed by atoms with van der Waals surface area (Å²) < 4.78 is 1.61. The van der Waals surface area contributed by atoms with Gasteiger partial charge in [0.15, 0.2) is 5.16 Å². The minimum Gasteiger partial charge on any atom is -0.351 e. The number of rotatable bonds is 6. The van der Waals surface area contributed by atoms with E-state index in [1.165, 1.54) is 17.3 Å². The van der Waals surface area contributed by atoms with Crippen LogP contribution in [0.5, 0.6) is 0 Å². The predicted molar refractivity (Wildman–Crippen MR) is 105 cm³/mol. The molecule has 0 aliphatic rings. The predicted octanol–water partition coefficient (Wildman–Crippen LogP) is 3.13. The van der Waals surface area contributed by atoms with E-state index in [1.807, 2.05) is 56.3 Å². The van der Waals surface area contributed by atoms with Crippen molar-refractivity contribution in [3.63, 3.8) is 0 Å². The van der Waals surface area contributed by atoms with Crippen LogP contribution in [-0.4, -0.2) is 21.2 Å². The van der Waals surface area contributed by atoms with E-state index in [2.05, 4.69) is 10.3 Å². The normalized spacial score (nSPS) is 10.8. The molecular formula is C20H21N3O2S. The third-order valence-electron chi connectivity index (χ3n) is 4.09. The summed E-state index contributed by atoms with van der Waals surface area (Å²) in [6.45, 7) is 4.94. The van der Waals surface area contributed by atoms with Gasteiger partial charge in [-0.2, -0.15) is 0 Å². The molecule has 0 aliphatic carbocycles. The highest BCUT2D eigenvalue weighted by atomic mass is 32.2. The lowest BCUT2D eigenvalue weighted by Gasteiger charge is -2.11. The molecule has 0 fully saturated rings. The second-order valence-electron chi connectivity index (χ2n) is 6.01. The molecule has 134 valence electrons. The number of para-hydroxylation sites is 1. The van der Waals surface area contributed by atoms with Crippen molar-refractivity contribution in [1.29, 1.82) is 0 Å². The fraction of sp³-hybridized carbons (Fsp3) is 0.250. The van der Waals surface area contributed by atoms with Crippen LogP contribution < -0.4 is 10.9 Å². The number of aromatic nitrogens is 2. The average molecular weight is 367 g/mol. The number of nitrogens with one attached hydrogen (secondary N) is 1. The quantitative estimate of drug-likeness (QED) is 0.537. The van der Waals surface area contributed by atoms with E-state index in [9.17, 15) is 9.59 Å². The molecule has 3 aromatic rings. The van der Waals surface area contributed by atoms with Crippen molar-refractivity contribution in [1.82, 2.24) is 14.9 Å². The Bertz CT molecular complexity index is 981. The molecule has 2 aromatic carbocycles. The smallest absolute Gasteiger partial charge is 0.262 e. The molecule has 0 radical (unpaired) electrons. The van der Waals surface area contributed by atoms with E-state index in [1.54, 1.807) is 10.6 Å². The number of hydrogen-bond donors (Lipinski definition) is 1. The van der Waals surface area contributed by atoms with Crippen molar-refractivity contribution in [3.8, 4) is 0 Å². The Labute approximate surface area is 156 Å². The Balaban J connectivity index is 1.68. The van der Waals surface area contributed by atoms with Crippen molar-refractivity contribution in [2.24, 2.45) is 0 Å². The Kier molecular flexibility index (Phi) is 5.73. The molecule has 0 bridgehead atoms. The summed E-state index contributed by atoms with van der Waals surface area (Å²) in [5.74, 6) is 0.136. The summed E-state index contributed by atoms with van der Waals surface area (Å²) in [6, 6.07) is 15.3. The molecule has 0 saturated carbocycles. The van der Waals surface area contributed by atoms with Crippen LogP contribution >= 0.6 is 11.8 Å². The summed E-state index contributed by atoms with van der Waals surface area (Å²) in [5.41, 5.74) is 2.84. The van der Waals surface area contributed by atoms with Crippen LogP contribution in [0.2, 0.25) is 0 Å². The molecule has 1 amide bonds. The molecule has 26 heavy (non-hydrogen) atoms. The van der Waals surface area contributed by atoms with Gasteiger partial charge in [0.1, 0.15) is 0 Å². The van der Waals surface area contributed by atoms with Crippen LogP contribution in [0.25, 0.3) is 10.9 Å². The van der Waals surface area contributed by atoms with Gasteiger partial charge in [0.05, 0.1) is 16.7 Å². The lowest BCUT2D eigenvalue weighted by molar-refractivity contribution is -0.118. The summed E-state index contributed by atoms with van der Waals surface area (Å²) in [4.78, 5) is 29.3. The lowest BCUT2D eigenvalue weighted by atomic mass is 10.1. The molecule has 5 nitrogen and oxygen atoms in total. The van der Waals surface area contributed by atoms with Crippen LogP contribution in [0.3, 0.4) is 0 Å². The van der Waals surface area contributed by atoms with Gasteiger partial charge in [-0.25, -0.2) is 4.98 Å². The minimum absolute atomic E-state index is 0.0688. The van der Waals surface area contributed by atoms with Crippen LogP contribution in [-0.2, 0) is 17.9 Å². The largest absolute Gasteiger partial charge is 0.351 e. The molecule has 1 aromatic heterocycles. The summed E-state index contributed by atoms with van der Waals surface area (Å²) >= 11 is 1.29. The van der Waals surface area contributed by atoms with Crippen LogP contribution in [0.15, 0.2) is 58.5 Å². The van der Waals surface area contributed by atoms with E-state index in [4.69, 9.17) is 0 Å². The van der Waals surface area contributed by atoms with Gasteiger partial charge in [-0.3, -0.25) is 14.2 Å². The van der Waals surface area contributed by atoms with Gasteiger partial charge in [-0.05, 0) is 31.5 Å². The summed E-state index contributed by atoms with van der Waals surface area (Å²) in [7, 11) is 0. The monoisotopic (exact) mass is 367 g/mol. The molecule has 1 N–H and O–H groups in total. The number of amides is 1. The third kappa shape index (κ3) is 4.14. The second kappa shape index (κ2) is 8.19. The minimum atomic E-state index is -0.0827. The van der Waals surface area contributed by atoms with Crippen molar-refractivity contribution in [2.45, 2.75) is 32.1 Å². The fourth-order valence-corrected chi connectivity index (χ4v) is 3.52. The van der Waals surface area contributed by atoms with Crippen LogP contribution in [0.1, 0.15) is 18.1 Å². The highest BCUT2D eigenvalue weighted by Gasteiger charge is 2.12. The molecular weight excluding hydrogens is 346 g/mol. The van der Waals surface area contributed by atoms with E-state index in [-0.39, 0.29) is 17.2 Å². The van der Waals surface area contributed by atoms with Gasteiger partial charge in [0.2, 0.25) is 5.91 Å². The number of hydrogen-bond acceptors (Lipinski definition) is 4. The second-order valence-corrected chi connectivity index (χ2v) is 6.95. The highest BCUT2D eigenvalue weighted by molar-refractivity contribution is 7.99. The fourth-order valence-electron chi connectivity index (χ4n) is 2.62. The van der Waals surface area contributed by atoms with E-state index < -0.39 is 0 Å². The zero-order chi connectivity index (χ0) is 18.5.